The van der Waals surface area contributed by atoms with Gasteiger partial charge < -0.3 is 14.4 Å². The van der Waals surface area contributed by atoms with E-state index in [4.69, 9.17) is 9.47 Å². The number of benzene rings is 1. The predicted molar refractivity (Wildman–Crippen MR) is 110 cm³/mol. The molecule has 0 bridgehead atoms. The highest BCUT2D eigenvalue weighted by Crippen LogP contribution is 2.39. The first-order chi connectivity index (χ1) is 13.3. The molecule has 1 saturated carbocycles. The van der Waals surface area contributed by atoms with Gasteiger partial charge in [-0.1, -0.05) is 25.5 Å². The van der Waals surface area contributed by atoms with Gasteiger partial charge >= 0.3 is 0 Å². The number of piperazine rings is 1. The fraction of sp³-hybridized carbons (Fsp3) is 0.739. The molecule has 3 aliphatic rings. The number of hydrogen-bond acceptors (Lipinski definition) is 4. The van der Waals surface area contributed by atoms with Crippen LogP contribution in [0.25, 0.3) is 0 Å². The van der Waals surface area contributed by atoms with Gasteiger partial charge in [-0.05, 0) is 55.8 Å². The SMILES string of the molecule is CCCc1cccc(N2CCN(CCC3CCC4(CC3)OCCO4)CC2)c1. The minimum Gasteiger partial charge on any atom is -0.369 e. The van der Waals surface area contributed by atoms with Gasteiger partial charge in [-0.25, -0.2) is 0 Å². The summed E-state index contributed by atoms with van der Waals surface area (Å²) in [5.41, 5.74) is 2.89. The molecule has 0 N–H and O–H groups in total. The highest BCUT2D eigenvalue weighted by atomic mass is 16.7. The monoisotopic (exact) mass is 372 g/mol. The summed E-state index contributed by atoms with van der Waals surface area (Å²) in [5, 5.41) is 0. The van der Waals surface area contributed by atoms with E-state index in [2.05, 4.69) is 41.0 Å². The largest absolute Gasteiger partial charge is 0.369 e. The van der Waals surface area contributed by atoms with Crippen LogP contribution in [0, 0.1) is 5.92 Å². The second-order valence-electron chi connectivity index (χ2n) is 8.59. The minimum absolute atomic E-state index is 0.200. The van der Waals surface area contributed by atoms with Gasteiger partial charge in [0.05, 0.1) is 13.2 Å². The first-order valence-corrected chi connectivity index (χ1v) is 11.1. The van der Waals surface area contributed by atoms with Crippen molar-refractivity contribution in [3.63, 3.8) is 0 Å². The molecule has 4 rings (SSSR count). The summed E-state index contributed by atoms with van der Waals surface area (Å²) in [5.74, 6) is 0.654. The standard InChI is InChI=1S/C23H36N2O2/c1-2-4-21-5-3-6-22(19-21)25-15-13-24(14-16-25)12-9-20-7-10-23(11-8-20)26-17-18-27-23/h3,5-6,19-20H,2,4,7-18H2,1H3. The Labute approximate surface area is 164 Å². The van der Waals surface area contributed by atoms with Crippen molar-refractivity contribution in [2.24, 2.45) is 5.92 Å². The van der Waals surface area contributed by atoms with Crippen LogP contribution in [0.2, 0.25) is 0 Å². The maximum absolute atomic E-state index is 5.86. The molecule has 1 aromatic rings. The molecule has 27 heavy (non-hydrogen) atoms. The molecule has 2 saturated heterocycles. The summed E-state index contributed by atoms with van der Waals surface area (Å²) in [6.45, 7) is 9.79. The van der Waals surface area contributed by atoms with E-state index in [0.29, 0.717) is 0 Å². The number of aryl methyl sites for hydroxylation is 1. The summed E-state index contributed by atoms with van der Waals surface area (Å²) in [6.07, 6.45) is 8.47. The van der Waals surface area contributed by atoms with Gasteiger partial charge in [0.2, 0.25) is 0 Å². The highest BCUT2D eigenvalue weighted by Gasteiger charge is 2.40. The molecule has 0 radical (unpaired) electrons. The first-order valence-electron chi connectivity index (χ1n) is 11.1. The van der Waals surface area contributed by atoms with E-state index in [-0.39, 0.29) is 5.79 Å². The predicted octanol–water partition coefficient (Wildman–Crippen LogP) is 4.08. The number of rotatable bonds is 6. The molecule has 150 valence electrons. The molecule has 1 spiro atoms. The van der Waals surface area contributed by atoms with E-state index in [1.54, 1.807) is 0 Å². The van der Waals surface area contributed by atoms with Crippen molar-refractivity contribution < 1.29 is 9.47 Å². The Bertz CT molecular complexity index is 582. The topological polar surface area (TPSA) is 24.9 Å². The minimum atomic E-state index is -0.200. The van der Waals surface area contributed by atoms with Crippen molar-refractivity contribution in [1.29, 1.82) is 0 Å². The van der Waals surface area contributed by atoms with Crippen LogP contribution < -0.4 is 4.90 Å². The van der Waals surface area contributed by atoms with Crippen molar-refractivity contribution in [2.75, 3.05) is 50.8 Å². The van der Waals surface area contributed by atoms with Gasteiger partial charge in [0.1, 0.15) is 0 Å². The smallest absolute Gasteiger partial charge is 0.168 e. The lowest BCUT2D eigenvalue weighted by Crippen LogP contribution is -2.47. The second kappa shape index (κ2) is 8.93. The first kappa shape index (κ1) is 19.2. The van der Waals surface area contributed by atoms with Crippen LogP contribution in [0.3, 0.4) is 0 Å². The Kier molecular flexibility index (Phi) is 6.36. The third-order valence-corrected chi connectivity index (χ3v) is 6.72. The zero-order valence-corrected chi connectivity index (χ0v) is 17.0. The van der Waals surface area contributed by atoms with Gasteiger partial charge in [0.15, 0.2) is 5.79 Å². The third kappa shape index (κ3) is 4.85. The molecule has 0 atom stereocenters. The van der Waals surface area contributed by atoms with E-state index in [1.807, 2.05) is 0 Å². The molecular formula is C23H36N2O2. The lowest BCUT2D eigenvalue weighted by Gasteiger charge is -2.38. The zero-order valence-electron chi connectivity index (χ0n) is 17.0. The van der Waals surface area contributed by atoms with Crippen molar-refractivity contribution in [2.45, 2.75) is 57.7 Å². The van der Waals surface area contributed by atoms with Crippen LogP contribution in [0.5, 0.6) is 0 Å². The Balaban J connectivity index is 1.18. The van der Waals surface area contributed by atoms with Gasteiger partial charge in [0.25, 0.3) is 0 Å². The van der Waals surface area contributed by atoms with Crippen LogP contribution in [0.1, 0.15) is 51.0 Å². The molecule has 4 nitrogen and oxygen atoms in total. The molecule has 1 aliphatic carbocycles. The summed E-state index contributed by atoms with van der Waals surface area (Å²) >= 11 is 0. The average Bonchev–Trinajstić information content (AvgIpc) is 3.17. The molecule has 4 heteroatoms. The van der Waals surface area contributed by atoms with Gasteiger partial charge in [-0.3, -0.25) is 4.90 Å². The molecule has 2 heterocycles. The molecular weight excluding hydrogens is 336 g/mol. The lowest BCUT2D eigenvalue weighted by molar-refractivity contribution is -0.182. The number of nitrogens with zero attached hydrogens (tertiary/aromatic N) is 2. The normalized spacial score (nSPS) is 24.0. The van der Waals surface area contributed by atoms with Gasteiger partial charge in [-0.15, -0.1) is 0 Å². The van der Waals surface area contributed by atoms with Gasteiger partial charge in [-0.2, -0.15) is 0 Å². The Morgan fingerprint density at radius 3 is 2.48 bits per heavy atom. The summed E-state index contributed by atoms with van der Waals surface area (Å²) in [4.78, 5) is 5.23. The summed E-state index contributed by atoms with van der Waals surface area (Å²) in [7, 11) is 0. The van der Waals surface area contributed by atoms with Crippen molar-refractivity contribution in [3.8, 4) is 0 Å². The Hall–Kier alpha value is -1.10. The molecule has 0 unspecified atom stereocenters. The molecule has 0 aromatic heterocycles. The summed E-state index contributed by atoms with van der Waals surface area (Å²) in [6, 6.07) is 9.16. The molecule has 1 aromatic carbocycles. The van der Waals surface area contributed by atoms with Gasteiger partial charge in [0, 0.05) is 44.7 Å². The lowest BCUT2D eigenvalue weighted by atomic mass is 9.83. The Morgan fingerprint density at radius 1 is 1.04 bits per heavy atom. The fourth-order valence-electron chi connectivity index (χ4n) is 4.98. The van der Waals surface area contributed by atoms with Crippen LogP contribution in [0.4, 0.5) is 5.69 Å². The molecule has 0 amide bonds. The van der Waals surface area contributed by atoms with E-state index < -0.39 is 0 Å². The van der Waals surface area contributed by atoms with Crippen LogP contribution in [0.15, 0.2) is 24.3 Å². The van der Waals surface area contributed by atoms with Crippen LogP contribution >= 0.6 is 0 Å². The molecule has 3 fully saturated rings. The zero-order chi connectivity index (χ0) is 18.5. The van der Waals surface area contributed by atoms with Crippen molar-refractivity contribution >= 4 is 5.69 Å². The quantitative estimate of drug-likeness (QED) is 0.751. The highest BCUT2D eigenvalue weighted by molar-refractivity contribution is 5.49. The average molecular weight is 373 g/mol. The maximum Gasteiger partial charge on any atom is 0.168 e. The number of ether oxygens (including phenoxy) is 2. The van der Waals surface area contributed by atoms with Crippen LogP contribution in [-0.4, -0.2) is 56.6 Å². The fourth-order valence-corrected chi connectivity index (χ4v) is 4.98. The second-order valence-corrected chi connectivity index (χ2v) is 8.59. The van der Waals surface area contributed by atoms with Crippen molar-refractivity contribution in [1.82, 2.24) is 4.90 Å². The van der Waals surface area contributed by atoms with Crippen LogP contribution in [-0.2, 0) is 15.9 Å². The van der Waals surface area contributed by atoms with E-state index in [0.717, 1.165) is 45.1 Å². The molecule has 2 aliphatic heterocycles. The van der Waals surface area contributed by atoms with Crippen molar-refractivity contribution in [3.05, 3.63) is 29.8 Å². The van der Waals surface area contributed by atoms with E-state index in [1.165, 1.54) is 63.0 Å². The summed E-state index contributed by atoms with van der Waals surface area (Å²) < 4.78 is 11.7. The number of hydrogen-bond donors (Lipinski definition) is 0. The third-order valence-electron chi connectivity index (χ3n) is 6.72. The maximum atomic E-state index is 5.86. The van der Waals surface area contributed by atoms with E-state index >= 15 is 0 Å². The Morgan fingerprint density at radius 2 is 1.78 bits per heavy atom. The van der Waals surface area contributed by atoms with E-state index in [9.17, 15) is 0 Å². The number of anilines is 1.